The third kappa shape index (κ3) is 4.19. The van der Waals surface area contributed by atoms with Gasteiger partial charge in [0, 0.05) is 42.5 Å². The van der Waals surface area contributed by atoms with Gasteiger partial charge in [-0.2, -0.15) is 0 Å². The van der Waals surface area contributed by atoms with Crippen molar-refractivity contribution in [2.45, 2.75) is 39.3 Å². The monoisotopic (exact) mass is 357 g/mol. The van der Waals surface area contributed by atoms with Crippen molar-refractivity contribution in [3.63, 3.8) is 0 Å². The zero-order valence-corrected chi connectivity index (χ0v) is 14.7. The first-order valence-electron chi connectivity index (χ1n) is 7.39. The molecule has 3 atom stereocenters. The number of rotatable bonds is 5. The topological polar surface area (TPSA) is 30.9 Å². The van der Waals surface area contributed by atoms with Gasteiger partial charge in [0.1, 0.15) is 0 Å². The molecule has 1 aliphatic rings. The van der Waals surface area contributed by atoms with Gasteiger partial charge < -0.3 is 19.1 Å². The number of methoxy groups -OCH3 is 1. The van der Waals surface area contributed by atoms with E-state index in [2.05, 4.69) is 52.9 Å². The van der Waals surface area contributed by atoms with Gasteiger partial charge in [0.15, 0.2) is 6.29 Å². The average molecular weight is 358 g/mol. The van der Waals surface area contributed by atoms with E-state index in [1.807, 2.05) is 6.92 Å². The van der Waals surface area contributed by atoms with Gasteiger partial charge in [-0.15, -0.1) is 0 Å². The molecule has 21 heavy (non-hydrogen) atoms. The first-order chi connectivity index (χ1) is 10.0. The summed E-state index contributed by atoms with van der Waals surface area (Å²) >= 11 is 3.54. The van der Waals surface area contributed by atoms with Gasteiger partial charge in [-0.25, -0.2) is 0 Å². The van der Waals surface area contributed by atoms with Crippen LogP contribution >= 0.6 is 15.9 Å². The van der Waals surface area contributed by atoms with E-state index in [0.29, 0.717) is 6.61 Å². The molecule has 1 heterocycles. The van der Waals surface area contributed by atoms with Gasteiger partial charge in [0.25, 0.3) is 0 Å². The molecule has 0 radical (unpaired) electrons. The summed E-state index contributed by atoms with van der Waals surface area (Å²) in [5, 5.41) is 0. The molecule has 0 saturated carbocycles. The van der Waals surface area contributed by atoms with E-state index in [4.69, 9.17) is 14.2 Å². The molecule has 2 rings (SSSR count). The largest absolute Gasteiger partial charge is 0.372 e. The quantitative estimate of drug-likeness (QED) is 0.751. The molecule has 0 amide bonds. The summed E-state index contributed by atoms with van der Waals surface area (Å²) in [6, 6.07) is 6.25. The number of hydrogen-bond acceptors (Lipinski definition) is 4. The Morgan fingerprint density at radius 3 is 2.57 bits per heavy atom. The Morgan fingerprint density at radius 2 is 2.00 bits per heavy atom. The fourth-order valence-corrected chi connectivity index (χ4v) is 3.19. The normalized spacial score (nSPS) is 24.1. The van der Waals surface area contributed by atoms with Crippen LogP contribution in [0.3, 0.4) is 0 Å². The molecule has 1 aromatic rings. The minimum atomic E-state index is -0.351. The van der Waals surface area contributed by atoms with Gasteiger partial charge in [-0.3, -0.25) is 0 Å². The molecule has 118 valence electrons. The Balaban J connectivity index is 2.33. The van der Waals surface area contributed by atoms with Crippen molar-refractivity contribution in [1.82, 2.24) is 0 Å². The third-order valence-corrected chi connectivity index (χ3v) is 4.03. The van der Waals surface area contributed by atoms with Crippen LogP contribution in [0.4, 0.5) is 5.69 Å². The van der Waals surface area contributed by atoms with Crippen LogP contribution in [-0.4, -0.2) is 39.0 Å². The molecule has 1 saturated heterocycles. The molecule has 0 N–H and O–H groups in total. The van der Waals surface area contributed by atoms with Crippen LogP contribution in [0.25, 0.3) is 0 Å². The summed E-state index contributed by atoms with van der Waals surface area (Å²) < 4.78 is 18.1. The van der Waals surface area contributed by atoms with E-state index < -0.39 is 0 Å². The maximum Gasteiger partial charge on any atom is 0.185 e. The Hall–Kier alpha value is -0.620. The van der Waals surface area contributed by atoms with Crippen LogP contribution in [0.5, 0.6) is 0 Å². The number of anilines is 1. The van der Waals surface area contributed by atoms with Crippen molar-refractivity contribution in [1.29, 1.82) is 0 Å². The Kier molecular flexibility index (Phi) is 6.05. The van der Waals surface area contributed by atoms with Crippen LogP contribution in [0.2, 0.25) is 0 Å². The molecule has 0 aliphatic carbocycles. The van der Waals surface area contributed by atoms with Crippen molar-refractivity contribution in [3.8, 4) is 0 Å². The molecule has 1 aromatic carbocycles. The predicted molar refractivity (Wildman–Crippen MR) is 87.7 cm³/mol. The number of morpholine rings is 1. The second-order valence-electron chi connectivity index (χ2n) is 5.39. The van der Waals surface area contributed by atoms with Gasteiger partial charge in [-0.1, -0.05) is 15.9 Å². The fourth-order valence-electron chi connectivity index (χ4n) is 2.81. The second kappa shape index (κ2) is 7.58. The highest BCUT2D eigenvalue weighted by Gasteiger charge is 2.26. The van der Waals surface area contributed by atoms with Gasteiger partial charge >= 0.3 is 0 Å². The van der Waals surface area contributed by atoms with Crippen molar-refractivity contribution in [3.05, 3.63) is 28.2 Å². The van der Waals surface area contributed by atoms with E-state index in [1.165, 1.54) is 0 Å². The fraction of sp³-hybridized carbons (Fsp3) is 0.625. The number of halogens is 1. The van der Waals surface area contributed by atoms with Crippen molar-refractivity contribution >= 4 is 21.6 Å². The first kappa shape index (κ1) is 16.7. The Morgan fingerprint density at radius 1 is 1.33 bits per heavy atom. The zero-order chi connectivity index (χ0) is 15.4. The summed E-state index contributed by atoms with van der Waals surface area (Å²) in [4.78, 5) is 2.35. The predicted octanol–water partition coefficient (Wildman–Crippen LogP) is 3.74. The summed E-state index contributed by atoms with van der Waals surface area (Å²) in [7, 11) is 1.68. The first-order valence-corrected chi connectivity index (χ1v) is 8.18. The molecule has 0 aromatic heterocycles. The highest BCUT2D eigenvalue weighted by atomic mass is 79.9. The maximum absolute atomic E-state index is 5.82. The number of ether oxygens (including phenoxy) is 3. The van der Waals surface area contributed by atoms with Crippen LogP contribution in [0, 0.1) is 0 Å². The van der Waals surface area contributed by atoms with Crippen molar-refractivity contribution in [2.75, 3.05) is 31.7 Å². The van der Waals surface area contributed by atoms with Crippen LogP contribution in [0.1, 0.15) is 32.6 Å². The van der Waals surface area contributed by atoms with E-state index >= 15 is 0 Å². The molecule has 1 aliphatic heterocycles. The van der Waals surface area contributed by atoms with Crippen LogP contribution < -0.4 is 4.90 Å². The summed E-state index contributed by atoms with van der Waals surface area (Å²) in [5.74, 6) is 0. The number of benzene rings is 1. The molecule has 1 fully saturated rings. The molecular formula is C16H24BrNO3. The van der Waals surface area contributed by atoms with E-state index in [9.17, 15) is 0 Å². The molecule has 4 nitrogen and oxygen atoms in total. The highest BCUT2D eigenvalue weighted by molar-refractivity contribution is 9.10. The highest BCUT2D eigenvalue weighted by Crippen LogP contribution is 2.33. The number of hydrogen-bond donors (Lipinski definition) is 0. The van der Waals surface area contributed by atoms with Crippen molar-refractivity contribution in [2.24, 2.45) is 0 Å². The third-order valence-electron chi connectivity index (χ3n) is 3.54. The van der Waals surface area contributed by atoms with Gasteiger partial charge in [-0.05, 0) is 39.0 Å². The van der Waals surface area contributed by atoms with Gasteiger partial charge in [0.2, 0.25) is 0 Å². The summed E-state index contributed by atoms with van der Waals surface area (Å²) in [6.45, 7) is 8.56. The molecule has 0 bridgehead atoms. The molecular weight excluding hydrogens is 334 g/mol. The standard InChI is InChI=1S/C16H24BrNO3/c1-5-20-16(19-4)14-8-13(17)6-7-15(14)18-9-11(2)21-12(3)10-18/h6-8,11-12,16H,5,9-10H2,1-4H3/t11-,12+,16?. The van der Waals surface area contributed by atoms with E-state index in [-0.39, 0.29) is 18.5 Å². The van der Waals surface area contributed by atoms with Gasteiger partial charge in [0.05, 0.1) is 12.2 Å². The molecule has 0 spiro atoms. The molecule has 1 unspecified atom stereocenters. The SMILES string of the molecule is CCOC(OC)c1cc(Br)ccc1N1C[C@@H](C)O[C@@H](C)C1. The Bertz CT molecular complexity index is 459. The van der Waals surface area contributed by atoms with E-state index in [0.717, 1.165) is 28.8 Å². The zero-order valence-electron chi connectivity index (χ0n) is 13.1. The minimum absolute atomic E-state index is 0.221. The van der Waals surface area contributed by atoms with E-state index in [1.54, 1.807) is 7.11 Å². The second-order valence-corrected chi connectivity index (χ2v) is 6.30. The number of nitrogens with zero attached hydrogens (tertiary/aromatic N) is 1. The van der Waals surface area contributed by atoms with Crippen molar-refractivity contribution < 1.29 is 14.2 Å². The lowest BCUT2D eigenvalue weighted by atomic mass is 10.1. The maximum atomic E-state index is 5.82. The summed E-state index contributed by atoms with van der Waals surface area (Å²) in [5.41, 5.74) is 2.20. The minimum Gasteiger partial charge on any atom is -0.372 e. The molecule has 5 heteroatoms. The summed E-state index contributed by atoms with van der Waals surface area (Å²) in [6.07, 6.45) is 0.0904. The van der Waals surface area contributed by atoms with Crippen LogP contribution in [-0.2, 0) is 14.2 Å². The lowest BCUT2D eigenvalue weighted by molar-refractivity contribution is -0.123. The van der Waals surface area contributed by atoms with Crippen LogP contribution in [0.15, 0.2) is 22.7 Å². The lowest BCUT2D eigenvalue weighted by Gasteiger charge is -2.38. The Labute approximate surface area is 135 Å². The smallest absolute Gasteiger partial charge is 0.185 e. The lowest BCUT2D eigenvalue weighted by Crippen LogP contribution is -2.46. The average Bonchev–Trinajstić information content (AvgIpc) is 2.43.